The first-order chi connectivity index (χ1) is 10.2. The van der Waals surface area contributed by atoms with E-state index in [1.165, 1.54) is 30.4 Å². The molecule has 114 valence electrons. The summed E-state index contributed by atoms with van der Waals surface area (Å²) in [6, 6.07) is 2.46. The Morgan fingerprint density at radius 3 is 2.57 bits per heavy atom. The van der Waals surface area contributed by atoms with E-state index in [0.717, 1.165) is 38.3 Å². The number of aromatic nitrogens is 1. The number of carbonyl (C=O) groups excluding carboxylic acids is 1. The van der Waals surface area contributed by atoms with Gasteiger partial charge in [-0.2, -0.15) is 0 Å². The molecule has 1 atom stereocenters. The van der Waals surface area contributed by atoms with Crippen molar-refractivity contribution in [3.05, 3.63) is 23.4 Å². The van der Waals surface area contributed by atoms with Crippen molar-refractivity contribution in [3.63, 3.8) is 0 Å². The zero-order chi connectivity index (χ0) is 14.8. The molecule has 2 aliphatic heterocycles. The van der Waals surface area contributed by atoms with E-state index in [1.54, 1.807) is 6.92 Å². The number of hydrogen-bond donors (Lipinski definition) is 0. The van der Waals surface area contributed by atoms with Gasteiger partial charge >= 0.3 is 0 Å². The Balaban J connectivity index is 1.84. The van der Waals surface area contributed by atoms with Gasteiger partial charge < -0.3 is 9.80 Å². The van der Waals surface area contributed by atoms with Gasteiger partial charge in [0, 0.05) is 32.8 Å². The largest absolute Gasteiger partial charge is 0.356 e. The second kappa shape index (κ2) is 6.04. The van der Waals surface area contributed by atoms with Crippen LogP contribution in [0, 0.1) is 6.92 Å². The van der Waals surface area contributed by atoms with Gasteiger partial charge in [0.1, 0.15) is 5.82 Å². The Bertz CT molecular complexity index is 523. The third-order valence-corrected chi connectivity index (χ3v) is 4.77. The second-order valence-corrected chi connectivity index (χ2v) is 6.33. The number of hydrogen-bond acceptors (Lipinski definition) is 3. The number of anilines is 1. The third-order valence-electron chi connectivity index (χ3n) is 4.77. The lowest BCUT2D eigenvalue weighted by Crippen LogP contribution is -2.37. The lowest BCUT2D eigenvalue weighted by atomic mass is 9.95. The second-order valence-electron chi connectivity index (χ2n) is 6.33. The molecule has 0 aromatic carbocycles. The fourth-order valence-electron chi connectivity index (χ4n) is 3.69. The molecule has 0 bridgehead atoms. The Morgan fingerprint density at radius 1 is 1.19 bits per heavy atom. The molecule has 1 aromatic rings. The Hall–Kier alpha value is -1.58. The summed E-state index contributed by atoms with van der Waals surface area (Å²) in [6.07, 6.45) is 7.90. The van der Waals surface area contributed by atoms with Crippen molar-refractivity contribution < 1.29 is 4.79 Å². The van der Waals surface area contributed by atoms with Crippen LogP contribution in [-0.2, 0) is 4.79 Å². The molecule has 0 spiro atoms. The summed E-state index contributed by atoms with van der Waals surface area (Å²) in [5, 5.41) is 0. The first kappa shape index (κ1) is 14.4. The molecular weight excluding hydrogens is 262 g/mol. The van der Waals surface area contributed by atoms with Crippen LogP contribution in [0.3, 0.4) is 0 Å². The highest BCUT2D eigenvalue weighted by atomic mass is 16.2. The summed E-state index contributed by atoms with van der Waals surface area (Å²) in [5.74, 6) is 1.31. The summed E-state index contributed by atoms with van der Waals surface area (Å²) in [4.78, 5) is 20.9. The molecule has 2 fully saturated rings. The predicted molar refractivity (Wildman–Crippen MR) is 84.4 cm³/mol. The predicted octanol–water partition coefficient (Wildman–Crippen LogP) is 3.06. The highest BCUT2D eigenvalue weighted by Crippen LogP contribution is 2.32. The molecule has 0 radical (unpaired) electrons. The molecule has 0 saturated carbocycles. The van der Waals surface area contributed by atoms with E-state index >= 15 is 0 Å². The summed E-state index contributed by atoms with van der Waals surface area (Å²) in [7, 11) is 0. The van der Waals surface area contributed by atoms with Crippen LogP contribution in [-0.4, -0.2) is 35.4 Å². The van der Waals surface area contributed by atoms with Gasteiger partial charge in [-0.05, 0) is 56.2 Å². The monoisotopic (exact) mass is 287 g/mol. The number of pyridine rings is 1. The van der Waals surface area contributed by atoms with Gasteiger partial charge in [0.15, 0.2) is 0 Å². The molecule has 1 aromatic heterocycles. The summed E-state index contributed by atoms with van der Waals surface area (Å²) >= 11 is 0. The van der Waals surface area contributed by atoms with Crippen LogP contribution in [0.4, 0.5) is 5.82 Å². The maximum absolute atomic E-state index is 11.8. The first-order valence-electron chi connectivity index (χ1n) is 8.15. The van der Waals surface area contributed by atoms with E-state index in [2.05, 4.69) is 17.9 Å². The number of piperidine rings is 1. The van der Waals surface area contributed by atoms with Gasteiger partial charge in [-0.25, -0.2) is 4.98 Å². The minimum atomic E-state index is 0.181. The molecular formula is C17H25N3O. The van der Waals surface area contributed by atoms with Gasteiger partial charge in [0.05, 0.1) is 6.04 Å². The van der Waals surface area contributed by atoms with E-state index in [9.17, 15) is 4.79 Å². The quantitative estimate of drug-likeness (QED) is 0.839. The van der Waals surface area contributed by atoms with Crippen LogP contribution in [0.1, 0.15) is 56.2 Å². The Morgan fingerprint density at radius 2 is 1.90 bits per heavy atom. The molecule has 2 aliphatic rings. The summed E-state index contributed by atoms with van der Waals surface area (Å²) in [5.41, 5.74) is 2.44. The number of amides is 1. The fourth-order valence-corrected chi connectivity index (χ4v) is 3.69. The molecule has 1 amide bonds. The van der Waals surface area contributed by atoms with Crippen molar-refractivity contribution in [2.45, 2.75) is 52.0 Å². The van der Waals surface area contributed by atoms with Crippen LogP contribution in [0.2, 0.25) is 0 Å². The maximum Gasteiger partial charge on any atom is 0.219 e. The number of nitrogens with zero attached hydrogens (tertiary/aromatic N) is 3. The van der Waals surface area contributed by atoms with E-state index in [-0.39, 0.29) is 11.9 Å². The minimum Gasteiger partial charge on any atom is -0.356 e. The molecule has 0 unspecified atom stereocenters. The molecule has 0 N–H and O–H groups in total. The highest BCUT2D eigenvalue weighted by molar-refractivity contribution is 5.74. The van der Waals surface area contributed by atoms with Gasteiger partial charge in [0.2, 0.25) is 5.91 Å². The zero-order valence-corrected chi connectivity index (χ0v) is 13.1. The van der Waals surface area contributed by atoms with Crippen LogP contribution in [0.15, 0.2) is 12.3 Å². The smallest absolute Gasteiger partial charge is 0.219 e. The lowest BCUT2D eigenvalue weighted by Gasteiger charge is -2.35. The first-order valence-corrected chi connectivity index (χ1v) is 8.15. The lowest BCUT2D eigenvalue weighted by molar-refractivity contribution is -0.132. The standard InChI is InChI=1S/C17H25N3O/c1-13-11-15(12-18-17(13)19-8-5-6-9-19)16-7-3-4-10-20(16)14(2)21/h11-12,16H,3-10H2,1-2H3/t16-/m0/s1. The van der Waals surface area contributed by atoms with E-state index in [0.29, 0.717) is 0 Å². The molecule has 3 rings (SSSR count). The Labute approximate surface area is 127 Å². The average molecular weight is 287 g/mol. The number of carbonyl (C=O) groups is 1. The van der Waals surface area contributed by atoms with Crippen molar-refractivity contribution >= 4 is 11.7 Å². The molecule has 21 heavy (non-hydrogen) atoms. The molecule has 4 nitrogen and oxygen atoms in total. The number of likely N-dealkylation sites (tertiary alicyclic amines) is 1. The fraction of sp³-hybridized carbons (Fsp3) is 0.647. The van der Waals surface area contributed by atoms with Crippen molar-refractivity contribution in [2.75, 3.05) is 24.5 Å². The van der Waals surface area contributed by atoms with E-state index in [1.807, 2.05) is 11.1 Å². The maximum atomic E-state index is 11.8. The van der Waals surface area contributed by atoms with Crippen molar-refractivity contribution in [1.82, 2.24) is 9.88 Å². The van der Waals surface area contributed by atoms with Crippen LogP contribution in [0.5, 0.6) is 0 Å². The third kappa shape index (κ3) is 2.89. The molecule has 0 aliphatic carbocycles. The summed E-state index contributed by atoms with van der Waals surface area (Å²) in [6.45, 7) is 6.95. The number of aryl methyl sites for hydroxylation is 1. The van der Waals surface area contributed by atoms with Gasteiger partial charge in [0.25, 0.3) is 0 Å². The van der Waals surface area contributed by atoms with Crippen LogP contribution < -0.4 is 4.90 Å². The van der Waals surface area contributed by atoms with Gasteiger partial charge in [-0.1, -0.05) is 0 Å². The molecule has 3 heterocycles. The van der Waals surface area contributed by atoms with Crippen molar-refractivity contribution in [1.29, 1.82) is 0 Å². The van der Waals surface area contributed by atoms with E-state index < -0.39 is 0 Å². The Kier molecular flexibility index (Phi) is 4.13. The highest BCUT2D eigenvalue weighted by Gasteiger charge is 2.27. The summed E-state index contributed by atoms with van der Waals surface area (Å²) < 4.78 is 0. The molecule has 2 saturated heterocycles. The topological polar surface area (TPSA) is 36.4 Å². The molecule has 4 heteroatoms. The van der Waals surface area contributed by atoms with Gasteiger partial charge in [-0.3, -0.25) is 4.79 Å². The van der Waals surface area contributed by atoms with Crippen molar-refractivity contribution in [2.24, 2.45) is 0 Å². The zero-order valence-electron chi connectivity index (χ0n) is 13.1. The van der Waals surface area contributed by atoms with Crippen molar-refractivity contribution in [3.8, 4) is 0 Å². The number of rotatable bonds is 2. The average Bonchev–Trinajstić information content (AvgIpc) is 3.01. The normalized spacial score (nSPS) is 22.7. The SMILES string of the molecule is CC(=O)N1CCCC[C@H]1c1cnc(N2CCCC2)c(C)c1. The van der Waals surface area contributed by atoms with Crippen LogP contribution >= 0.6 is 0 Å². The van der Waals surface area contributed by atoms with E-state index in [4.69, 9.17) is 4.98 Å². The minimum absolute atomic E-state index is 0.181. The van der Waals surface area contributed by atoms with Crippen LogP contribution in [0.25, 0.3) is 0 Å². The van der Waals surface area contributed by atoms with Gasteiger partial charge in [-0.15, -0.1) is 0 Å².